The number of epoxide rings is 1. The molecule has 0 aromatic carbocycles. The second kappa shape index (κ2) is 3.99. The van der Waals surface area contributed by atoms with Crippen LogP contribution in [0.5, 0.6) is 0 Å². The first kappa shape index (κ1) is 14.4. The first-order chi connectivity index (χ1) is 10.8. The van der Waals surface area contributed by atoms with Gasteiger partial charge in [0.25, 0.3) is 0 Å². The molecular weight excluding hydrogens is 288 g/mol. The first-order valence-electron chi connectivity index (χ1n) is 9.27. The van der Waals surface area contributed by atoms with Gasteiger partial charge in [-0.25, -0.2) is 0 Å². The summed E-state index contributed by atoms with van der Waals surface area (Å²) in [6, 6.07) is 0. The Morgan fingerprint density at radius 2 is 1.87 bits per heavy atom. The highest BCUT2D eigenvalue weighted by Crippen LogP contribution is 2.72. The third kappa shape index (κ3) is 1.39. The van der Waals surface area contributed by atoms with E-state index in [9.17, 15) is 9.59 Å². The molecule has 3 nitrogen and oxygen atoms in total. The van der Waals surface area contributed by atoms with Crippen molar-refractivity contribution in [2.24, 2.45) is 28.6 Å². The van der Waals surface area contributed by atoms with Gasteiger partial charge in [0, 0.05) is 23.7 Å². The predicted molar refractivity (Wildman–Crippen MR) is 85.8 cm³/mol. The lowest BCUT2D eigenvalue weighted by atomic mass is 9.44. The quantitative estimate of drug-likeness (QED) is 0.508. The second-order valence-corrected chi connectivity index (χ2v) is 9.22. The van der Waals surface area contributed by atoms with Crippen LogP contribution in [0.1, 0.15) is 58.8 Å². The molecule has 0 radical (unpaired) electrons. The molecule has 0 aromatic rings. The largest absolute Gasteiger partial charge is 0.352 e. The Hall–Kier alpha value is -0.960. The predicted octanol–water partition coefficient (Wildman–Crippen LogP) is 3.46. The van der Waals surface area contributed by atoms with Crippen molar-refractivity contribution in [2.45, 2.75) is 70.5 Å². The van der Waals surface area contributed by atoms with E-state index in [2.05, 4.69) is 20.4 Å². The van der Waals surface area contributed by atoms with E-state index >= 15 is 0 Å². The molecule has 23 heavy (non-hydrogen) atoms. The molecule has 1 heterocycles. The number of rotatable bonds is 0. The van der Waals surface area contributed by atoms with Crippen LogP contribution in [-0.2, 0) is 14.3 Å². The molecule has 5 rings (SSSR count). The Balaban J connectivity index is 1.57. The van der Waals surface area contributed by atoms with Crippen LogP contribution < -0.4 is 0 Å². The van der Waals surface area contributed by atoms with Crippen molar-refractivity contribution in [1.82, 2.24) is 0 Å². The Morgan fingerprint density at radius 1 is 1.09 bits per heavy atom. The first-order valence-corrected chi connectivity index (χ1v) is 9.27. The van der Waals surface area contributed by atoms with Gasteiger partial charge in [0.05, 0.1) is 0 Å². The third-order valence-corrected chi connectivity index (χ3v) is 8.62. The van der Waals surface area contributed by atoms with E-state index in [1.165, 1.54) is 0 Å². The molecule has 7 atom stereocenters. The van der Waals surface area contributed by atoms with Crippen molar-refractivity contribution in [2.75, 3.05) is 0 Å². The number of ketones is 2. The molecule has 0 amide bonds. The lowest BCUT2D eigenvalue weighted by Crippen LogP contribution is -2.59. The van der Waals surface area contributed by atoms with E-state index in [0.29, 0.717) is 30.0 Å². The van der Waals surface area contributed by atoms with Crippen LogP contribution >= 0.6 is 0 Å². The fourth-order valence-electron chi connectivity index (χ4n) is 7.28. The summed E-state index contributed by atoms with van der Waals surface area (Å²) in [6.07, 6.45) is 6.27. The molecule has 124 valence electrons. The van der Waals surface area contributed by atoms with Crippen molar-refractivity contribution < 1.29 is 14.3 Å². The molecule has 4 saturated carbocycles. The number of hydrogen-bond acceptors (Lipinski definition) is 3. The van der Waals surface area contributed by atoms with Gasteiger partial charge < -0.3 is 4.74 Å². The lowest BCUT2D eigenvalue weighted by Gasteiger charge is -2.58. The summed E-state index contributed by atoms with van der Waals surface area (Å²) in [5.41, 5.74) is 0.720. The topological polar surface area (TPSA) is 46.7 Å². The van der Waals surface area contributed by atoms with Gasteiger partial charge in [-0.2, -0.15) is 0 Å². The Kier molecular flexibility index (Phi) is 2.49. The number of hydrogen-bond donors (Lipinski definition) is 0. The van der Waals surface area contributed by atoms with E-state index in [4.69, 9.17) is 4.74 Å². The minimum absolute atomic E-state index is 0.0402. The van der Waals surface area contributed by atoms with Crippen LogP contribution in [0.2, 0.25) is 0 Å². The average Bonchev–Trinajstić information content (AvgIpc) is 3.21. The van der Waals surface area contributed by atoms with E-state index in [-0.39, 0.29) is 28.3 Å². The van der Waals surface area contributed by atoms with Gasteiger partial charge >= 0.3 is 0 Å². The summed E-state index contributed by atoms with van der Waals surface area (Å²) in [5.74, 6) is 2.40. The zero-order valence-electron chi connectivity index (χ0n) is 14.2. The Labute approximate surface area is 137 Å². The maximum absolute atomic E-state index is 12.5. The van der Waals surface area contributed by atoms with Gasteiger partial charge in [-0.3, -0.25) is 9.59 Å². The molecule has 1 saturated heterocycles. The van der Waals surface area contributed by atoms with Crippen molar-refractivity contribution in [3.63, 3.8) is 0 Å². The van der Waals surface area contributed by atoms with Gasteiger partial charge in [-0.15, -0.1) is 0 Å². The summed E-state index contributed by atoms with van der Waals surface area (Å²) in [5, 5.41) is 0. The van der Waals surface area contributed by atoms with Crippen LogP contribution in [0.25, 0.3) is 0 Å². The van der Waals surface area contributed by atoms with E-state index in [1.54, 1.807) is 0 Å². The lowest BCUT2D eigenvalue weighted by molar-refractivity contribution is -0.136. The number of carbonyl (C=O) groups is 2. The number of fused-ring (bicyclic) bond motifs is 4. The van der Waals surface area contributed by atoms with Crippen molar-refractivity contribution >= 4 is 11.6 Å². The fraction of sp³-hybridized carbons (Fsp3) is 0.800. The van der Waals surface area contributed by atoms with E-state index < -0.39 is 0 Å². The standard InChI is InChI=1S/C20H26O3/c1-11-10-12-13-4-5-16(22)18(13,2)8-6-14(12)19(3)9-7-15(21)17-20(11,19)23-17/h12-14,17H,1,4-10H2,2-3H3/t12-,13-,14+,17?,18-,19+,20?/m0/s1. The minimum atomic E-state index is -0.361. The summed E-state index contributed by atoms with van der Waals surface area (Å²) < 4.78 is 6.09. The summed E-state index contributed by atoms with van der Waals surface area (Å²) in [6.45, 7) is 8.93. The molecule has 0 aromatic heterocycles. The van der Waals surface area contributed by atoms with Gasteiger partial charge in [0.15, 0.2) is 11.9 Å². The summed E-state index contributed by atoms with van der Waals surface area (Å²) >= 11 is 0. The summed E-state index contributed by atoms with van der Waals surface area (Å²) in [4.78, 5) is 24.7. The molecule has 3 heteroatoms. The van der Waals surface area contributed by atoms with Gasteiger partial charge in [0.2, 0.25) is 0 Å². The van der Waals surface area contributed by atoms with Crippen LogP contribution in [-0.4, -0.2) is 23.3 Å². The highest BCUT2D eigenvalue weighted by molar-refractivity contribution is 5.90. The molecule has 0 N–H and O–H groups in total. The highest BCUT2D eigenvalue weighted by Gasteiger charge is 2.78. The molecular formula is C20H26O3. The Morgan fingerprint density at radius 3 is 2.65 bits per heavy atom. The smallest absolute Gasteiger partial charge is 0.164 e. The van der Waals surface area contributed by atoms with Crippen molar-refractivity contribution in [1.29, 1.82) is 0 Å². The fourth-order valence-corrected chi connectivity index (χ4v) is 7.28. The molecule has 4 aliphatic carbocycles. The van der Waals surface area contributed by atoms with Gasteiger partial charge in [-0.1, -0.05) is 20.4 Å². The maximum atomic E-state index is 12.5. The normalized spacial score (nSPS) is 57.4. The zero-order valence-corrected chi connectivity index (χ0v) is 14.2. The highest BCUT2D eigenvalue weighted by atomic mass is 16.6. The maximum Gasteiger partial charge on any atom is 0.164 e. The van der Waals surface area contributed by atoms with Gasteiger partial charge in [-0.05, 0) is 55.4 Å². The molecule has 5 fully saturated rings. The third-order valence-electron chi connectivity index (χ3n) is 8.62. The van der Waals surface area contributed by atoms with Crippen LogP contribution in [0, 0.1) is 28.6 Å². The molecule has 1 aliphatic heterocycles. The molecule has 1 spiro atoms. The number of carbonyl (C=O) groups excluding carboxylic acids is 2. The second-order valence-electron chi connectivity index (χ2n) is 9.22. The van der Waals surface area contributed by atoms with E-state index in [0.717, 1.165) is 44.1 Å². The monoisotopic (exact) mass is 314 g/mol. The van der Waals surface area contributed by atoms with Gasteiger partial charge in [0.1, 0.15) is 11.4 Å². The number of ether oxygens (including phenoxy) is 1. The Bertz CT molecular complexity index is 651. The zero-order chi connectivity index (χ0) is 16.2. The van der Waals surface area contributed by atoms with Crippen molar-refractivity contribution in [3.05, 3.63) is 12.2 Å². The molecule has 2 unspecified atom stereocenters. The van der Waals surface area contributed by atoms with E-state index in [1.807, 2.05) is 0 Å². The summed E-state index contributed by atoms with van der Waals surface area (Å²) in [7, 11) is 0. The average molecular weight is 314 g/mol. The van der Waals surface area contributed by atoms with Crippen LogP contribution in [0.3, 0.4) is 0 Å². The molecule has 0 bridgehead atoms. The van der Waals surface area contributed by atoms with Crippen molar-refractivity contribution in [3.8, 4) is 0 Å². The minimum Gasteiger partial charge on any atom is -0.352 e. The SMILES string of the molecule is C=C1C[C@@H]2[C@@H](CC[C@]3(C)C(=O)CC[C@@H]23)[C@@]2(C)CCC(=O)C3OC132. The van der Waals surface area contributed by atoms with Crippen LogP contribution in [0.4, 0.5) is 0 Å². The molecule has 5 aliphatic rings. The van der Waals surface area contributed by atoms with Crippen LogP contribution in [0.15, 0.2) is 12.2 Å². The number of Topliss-reactive ketones (excluding diaryl/α,β-unsaturated/α-hetero) is 2.